The van der Waals surface area contributed by atoms with Gasteiger partial charge in [-0.05, 0) is 31.8 Å². The second kappa shape index (κ2) is 3.96. The third-order valence-corrected chi connectivity index (χ3v) is 2.65. The number of hydrogen-bond acceptors (Lipinski definition) is 3. The number of aliphatic imine (C=N–C) groups is 1. The van der Waals surface area contributed by atoms with Crippen LogP contribution in [0.25, 0.3) is 0 Å². The highest BCUT2D eigenvalue weighted by atomic mass is 16.5. The Labute approximate surface area is 88.0 Å². The zero-order valence-corrected chi connectivity index (χ0v) is 8.66. The highest BCUT2D eigenvalue weighted by molar-refractivity contribution is 6.15. The van der Waals surface area contributed by atoms with E-state index in [9.17, 15) is 9.59 Å². The number of hydrogen-bond donors (Lipinski definition) is 0. The van der Waals surface area contributed by atoms with Crippen molar-refractivity contribution in [3.05, 3.63) is 11.6 Å². The van der Waals surface area contributed by atoms with Gasteiger partial charge in [0.15, 0.2) is 5.92 Å². The molecular weight excluding hydrogens is 194 g/mol. The van der Waals surface area contributed by atoms with E-state index in [1.54, 1.807) is 13.0 Å². The molecule has 0 aromatic heterocycles. The summed E-state index contributed by atoms with van der Waals surface area (Å²) in [5, 5.41) is 0. The van der Waals surface area contributed by atoms with E-state index >= 15 is 0 Å². The SMILES string of the molecule is CCOC(=O)C1C=C2CCCC2=NC1=O. The number of fused-ring (bicyclic) bond motifs is 1. The molecule has 1 saturated carbocycles. The molecule has 2 aliphatic rings. The maximum Gasteiger partial charge on any atom is 0.322 e. The minimum absolute atomic E-state index is 0.294. The van der Waals surface area contributed by atoms with Crippen LogP contribution in [0.15, 0.2) is 16.6 Å². The van der Waals surface area contributed by atoms with Crippen molar-refractivity contribution in [3.8, 4) is 0 Å². The molecule has 0 spiro atoms. The summed E-state index contributed by atoms with van der Waals surface area (Å²) in [6.07, 6.45) is 4.51. The number of nitrogens with zero attached hydrogens (tertiary/aromatic N) is 1. The van der Waals surface area contributed by atoms with Gasteiger partial charge in [-0.1, -0.05) is 6.08 Å². The molecule has 1 fully saturated rings. The van der Waals surface area contributed by atoms with Crippen LogP contribution in [0.5, 0.6) is 0 Å². The van der Waals surface area contributed by atoms with E-state index in [1.807, 2.05) is 0 Å². The van der Waals surface area contributed by atoms with Gasteiger partial charge in [0.05, 0.1) is 6.61 Å². The fraction of sp³-hybridized carbons (Fsp3) is 0.545. The Morgan fingerprint density at radius 3 is 3.13 bits per heavy atom. The van der Waals surface area contributed by atoms with Crippen molar-refractivity contribution in [3.63, 3.8) is 0 Å². The van der Waals surface area contributed by atoms with Gasteiger partial charge in [0.1, 0.15) is 0 Å². The van der Waals surface area contributed by atoms with Crippen LogP contribution in [-0.4, -0.2) is 24.2 Å². The summed E-state index contributed by atoms with van der Waals surface area (Å²) < 4.78 is 4.83. The van der Waals surface area contributed by atoms with Crippen molar-refractivity contribution in [2.45, 2.75) is 26.2 Å². The third-order valence-electron chi connectivity index (χ3n) is 2.65. The van der Waals surface area contributed by atoms with Crippen molar-refractivity contribution < 1.29 is 14.3 Å². The predicted octanol–water partition coefficient (Wildman–Crippen LogP) is 1.26. The van der Waals surface area contributed by atoms with Gasteiger partial charge >= 0.3 is 5.97 Å². The van der Waals surface area contributed by atoms with Gasteiger partial charge in [-0.3, -0.25) is 9.59 Å². The molecule has 0 aromatic rings. The number of rotatable bonds is 2. The van der Waals surface area contributed by atoms with Gasteiger partial charge in [-0.15, -0.1) is 0 Å². The average molecular weight is 207 g/mol. The van der Waals surface area contributed by atoms with Crippen LogP contribution in [-0.2, 0) is 14.3 Å². The van der Waals surface area contributed by atoms with Crippen molar-refractivity contribution in [1.29, 1.82) is 0 Å². The van der Waals surface area contributed by atoms with Gasteiger partial charge in [0.2, 0.25) is 0 Å². The maximum atomic E-state index is 11.5. The Hall–Kier alpha value is -1.45. The lowest BCUT2D eigenvalue weighted by Gasteiger charge is -2.14. The molecule has 0 radical (unpaired) electrons. The van der Waals surface area contributed by atoms with Crippen LogP contribution >= 0.6 is 0 Å². The van der Waals surface area contributed by atoms with Crippen LogP contribution in [0.2, 0.25) is 0 Å². The molecule has 15 heavy (non-hydrogen) atoms. The average Bonchev–Trinajstić information content (AvgIpc) is 2.63. The van der Waals surface area contributed by atoms with E-state index in [2.05, 4.69) is 4.99 Å². The minimum atomic E-state index is -0.804. The molecular formula is C11H13NO3. The Kier molecular flexibility index (Phi) is 2.66. The molecule has 1 atom stereocenters. The van der Waals surface area contributed by atoms with E-state index in [0.717, 1.165) is 30.5 Å². The Balaban J connectivity index is 2.19. The van der Waals surface area contributed by atoms with Gasteiger partial charge in [-0.2, -0.15) is 0 Å². The number of carbonyl (C=O) groups is 2. The molecule has 1 amide bonds. The third kappa shape index (κ3) is 1.84. The zero-order valence-electron chi connectivity index (χ0n) is 8.66. The molecule has 0 bridgehead atoms. The fourth-order valence-corrected chi connectivity index (χ4v) is 1.93. The Morgan fingerprint density at radius 2 is 2.40 bits per heavy atom. The van der Waals surface area contributed by atoms with Crippen LogP contribution in [0.3, 0.4) is 0 Å². The minimum Gasteiger partial charge on any atom is -0.465 e. The number of dihydropyridines is 1. The lowest BCUT2D eigenvalue weighted by molar-refractivity contribution is -0.149. The normalized spacial score (nSPS) is 24.3. The number of esters is 1. The quantitative estimate of drug-likeness (QED) is 0.506. The first-order valence-corrected chi connectivity index (χ1v) is 5.21. The van der Waals surface area contributed by atoms with Gasteiger partial charge in [0.25, 0.3) is 5.91 Å². The van der Waals surface area contributed by atoms with E-state index in [-0.39, 0.29) is 5.91 Å². The second-order valence-corrected chi connectivity index (χ2v) is 3.67. The van der Waals surface area contributed by atoms with E-state index in [0.29, 0.717) is 6.61 Å². The highest BCUT2D eigenvalue weighted by Crippen LogP contribution is 2.28. The monoisotopic (exact) mass is 207 g/mol. The fourth-order valence-electron chi connectivity index (χ4n) is 1.93. The van der Waals surface area contributed by atoms with Gasteiger partial charge < -0.3 is 4.74 Å². The lowest BCUT2D eigenvalue weighted by atomic mass is 10.00. The first-order valence-electron chi connectivity index (χ1n) is 5.21. The Bertz CT molecular complexity index is 368. The summed E-state index contributed by atoms with van der Waals surface area (Å²) in [5.74, 6) is -1.67. The summed E-state index contributed by atoms with van der Waals surface area (Å²) in [6, 6.07) is 0. The topological polar surface area (TPSA) is 55.7 Å². The van der Waals surface area contributed by atoms with E-state index < -0.39 is 11.9 Å². The molecule has 0 aromatic carbocycles. The molecule has 1 unspecified atom stereocenters. The van der Waals surface area contributed by atoms with E-state index in [1.165, 1.54) is 0 Å². The first kappa shape index (κ1) is 10.1. The summed E-state index contributed by atoms with van der Waals surface area (Å²) in [4.78, 5) is 26.9. The molecule has 4 nitrogen and oxygen atoms in total. The number of ether oxygens (including phenoxy) is 1. The molecule has 4 heteroatoms. The van der Waals surface area contributed by atoms with Crippen LogP contribution in [0, 0.1) is 5.92 Å². The number of amides is 1. The largest absolute Gasteiger partial charge is 0.465 e. The molecule has 2 rings (SSSR count). The highest BCUT2D eigenvalue weighted by Gasteiger charge is 2.32. The first-order chi connectivity index (χ1) is 7.22. The lowest BCUT2D eigenvalue weighted by Crippen LogP contribution is -2.27. The van der Waals surface area contributed by atoms with Crippen LogP contribution in [0.1, 0.15) is 26.2 Å². The molecule has 0 saturated heterocycles. The predicted molar refractivity (Wildman–Crippen MR) is 54.5 cm³/mol. The smallest absolute Gasteiger partial charge is 0.322 e. The molecule has 0 N–H and O–H groups in total. The zero-order chi connectivity index (χ0) is 10.8. The molecule has 1 heterocycles. The van der Waals surface area contributed by atoms with E-state index in [4.69, 9.17) is 4.74 Å². The van der Waals surface area contributed by atoms with Crippen molar-refractivity contribution in [1.82, 2.24) is 0 Å². The molecule has 1 aliphatic heterocycles. The number of carbonyl (C=O) groups excluding carboxylic acids is 2. The van der Waals surface area contributed by atoms with Crippen molar-refractivity contribution in [2.24, 2.45) is 10.9 Å². The summed E-state index contributed by atoms with van der Waals surface area (Å²) in [6.45, 7) is 2.02. The molecule has 80 valence electrons. The number of allylic oxidation sites excluding steroid dienone is 1. The van der Waals surface area contributed by atoms with Crippen molar-refractivity contribution in [2.75, 3.05) is 6.61 Å². The standard InChI is InChI=1S/C11H13NO3/c1-2-15-11(14)8-6-7-4-3-5-9(7)12-10(8)13/h6,8H,2-5H2,1H3. The van der Waals surface area contributed by atoms with Crippen LogP contribution in [0.4, 0.5) is 0 Å². The van der Waals surface area contributed by atoms with Gasteiger partial charge in [-0.25, -0.2) is 4.99 Å². The summed E-state index contributed by atoms with van der Waals surface area (Å²) >= 11 is 0. The Morgan fingerprint density at radius 1 is 1.60 bits per heavy atom. The molecule has 1 aliphatic carbocycles. The van der Waals surface area contributed by atoms with Gasteiger partial charge in [0, 0.05) is 5.71 Å². The summed E-state index contributed by atoms with van der Waals surface area (Å²) in [5.41, 5.74) is 1.91. The maximum absolute atomic E-state index is 11.5. The summed E-state index contributed by atoms with van der Waals surface area (Å²) in [7, 11) is 0. The van der Waals surface area contributed by atoms with Crippen LogP contribution < -0.4 is 0 Å². The van der Waals surface area contributed by atoms with Crippen molar-refractivity contribution >= 4 is 17.6 Å². The second-order valence-electron chi connectivity index (χ2n) is 3.67.